The molecule has 0 unspecified atom stereocenters. The number of nitrogens with zero attached hydrogens (tertiary/aromatic N) is 1. The van der Waals surface area contributed by atoms with E-state index in [0.717, 1.165) is 17.7 Å². The summed E-state index contributed by atoms with van der Waals surface area (Å²) in [4.78, 5) is 14.3. The monoisotopic (exact) mass is 457 g/mol. The largest absolute Gasteiger partial charge is 0.493 e. The molecule has 0 N–H and O–H groups in total. The minimum atomic E-state index is -0.0860. The molecule has 1 amide bonds. The van der Waals surface area contributed by atoms with Gasteiger partial charge in [0.15, 0.2) is 11.5 Å². The Kier molecular flexibility index (Phi) is 7.98. The number of thioether (sulfide) groups is 1. The molecule has 5 nitrogen and oxygen atoms in total. The van der Waals surface area contributed by atoms with E-state index in [-0.39, 0.29) is 5.91 Å². The predicted molar refractivity (Wildman–Crippen MR) is 130 cm³/mol. The summed E-state index contributed by atoms with van der Waals surface area (Å²) in [5.74, 6) is 2.12. The highest BCUT2D eigenvalue weighted by atomic mass is 32.2. The number of hydrogen-bond acceptors (Lipinski definition) is 6. The zero-order valence-electron chi connectivity index (χ0n) is 18.3. The number of hydrogen-bond donors (Lipinski definition) is 0. The van der Waals surface area contributed by atoms with E-state index in [1.807, 2.05) is 43.3 Å². The first kappa shape index (κ1) is 23.2. The van der Waals surface area contributed by atoms with E-state index >= 15 is 0 Å². The van der Waals surface area contributed by atoms with Gasteiger partial charge in [0.2, 0.25) is 0 Å². The zero-order chi connectivity index (χ0) is 22.4. The molecular weight excluding hydrogens is 430 g/mol. The van der Waals surface area contributed by atoms with Gasteiger partial charge >= 0.3 is 0 Å². The van der Waals surface area contributed by atoms with Crippen LogP contribution in [0, 0.1) is 13.8 Å². The first-order valence-corrected chi connectivity index (χ1v) is 11.4. The molecule has 1 heterocycles. The van der Waals surface area contributed by atoms with Crippen LogP contribution in [0.15, 0.2) is 41.3 Å². The Balaban J connectivity index is 1.58. The summed E-state index contributed by atoms with van der Waals surface area (Å²) < 4.78 is 18.1. The number of ether oxygens (including phenoxy) is 3. The van der Waals surface area contributed by atoms with Crippen molar-refractivity contribution in [2.24, 2.45) is 0 Å². The maximum atomic E-state index is 12.2. The fourth-order valence-corrected chi connectivity index (χ4v) is 4.33. The molecule has 0 aliphatic carbocycles. The molecule has 1 fully saturated rings. The van der Waals surface area contributed by atoms with Crippen LogP contribution in [-0.4, -0.2) is 42.0 Å². The Morgan fingerprint density at radius 1 is 1.00 bits per heavy atom. The smallest absolute Gasteiger partial charge is 0.265 e. The second kappa shape index (κ2) is 10.7. The highest BCUT2D eigenvalue weighted by Crippen LogP contribution is 2.34. The number of amides is 1. The molecule has 1 aliphatic rings. The molecule has 1 saturated heterocycles. The standard InChI is InChI=1S/C24H27NO4S2/c1-5-27-21-14-18(15-22-23(26)25(4)24(30)31-22)7-8-20(21)29-10-6-9-28-19-12-16(2)11-17(3)13-19/h7-8,11-15H,5-6,9-10H2,1-4H3/b22-15+. The maximum Gasteiger partial charge on any atom is 0.265 e. The summed E-state index contributed by atoms with van der Waals surface area (Å²) in [6.45, 7) is 7.66. The van der Waals surface area contributed by atoms with Crippen LogP contribution in [0.5, 0.6) is 17.2 Å². The van der Waals surface area contributed by atoms with E-state index in [2.05, 4.69) is 19.9 Å². The quantitative estimate of drug-likeness (QED) is 0.286. The van der Waals surface area contributed by atoms with Gasteiger partial charge in [0.25, 0.3) is 5.91 Å². The van der Waals surface area contributed by atoms with Crippen LogP contribution in [-0.2, 0) is 4.79 Å². The Labute approximate surface area is 193 Å². The zero-order valence-corrected chi connectivity index (χ0v) is 19.9. The molecule has 1 aliphatic heterocycles. The number of rotatable bonds is 9. The molecule has 0 bridgehead atoms. The summed E-state index contributed by atoms with van der Waals surface area (Å²) in [6.07, 6.45) is 2.58. The molecule has 0 aromatic heterocycles. The van der Waals surface area contributed by atoms with Gasteiger partial charge in [-0.05, 0) is 67.8 Å². The molecule has 0 spiro atoms. The lowest BCUT2D eigenvalue weighted by atomic mass is 10.1. The summed E-state index contributed by atoms with van der Waals surface area (Å²) in [5.41, 5.74) is 3.24. The maximum absolute atomic E-state index is 12.2. The summed E-state index contributed by atoms with van der Waals surface area (Å²) >= 11 is 6.49. The van der Waals surface area contributed by atoms with E-state index in [0.29, 0.717) is 40.5 Å². The van der Waals surface area contributed by atoms with Crippen LogP contribution < -0.4 is 14.2 Å². The molecule has 7 heteroatoms. The number of benzene rings is 2. The number of aryl methyl sites for hydroxylation is 2. The highest BCUT2D eigenvalue weighted by Gasteiger charge is 2.28. The SMILES string of the molecule is CCOc1cc(/C=C2/SC(=S)N(C)C2=O)ccc1OCCCOc1cc(C)cc(C)c1. The van der Waals surface area contributed by atoms with Gasteiger partial charge in [0.1, 0.15) is 10.1 Å². The average Bonchev–Trinajstić information content (AvgIpc) is 2.95. The molecule has 0 radical (unpaired) electrons. The lowest BCUT2D eigenvalue weighted by molar-refractivity contribution is -0.121. The van der Waals surface area contributed by atoms with Crippen LogP contribution in [0.2, 0.25) is 0 Å². The van der Waals surface area contributed by atoms with Crippen LogP contribution >= 0.6 is 24.0 Å². The number of likely N-dealkylation sites (N-methyl/N-ethyl adjacent to an activating group) is 1. The van der Waals surface area contributed by atoms with Crippen LogP contribution in [0.1, 0.15) is 30.0 Å². The van der Waals surface area contributed by atoms with Crippen molar-refractivity contribution in [1.29, 1.82) is 0 Å². The van der Waals surface area contributed by atoms with E-state index < -0.39 is 0 Å². The van der Waals surface area contributed by atoms with Gasteiger partial charge in [0.05, 0.1) is 24.7 Å². The lowest BCUT2D eigenvalue weighted by Gasteiger charge is -2.13. The normalized spacial score (nSPS) is 15.0. The minimum absolute atomic E-state index is 0.0860. The van der Waals surface area contributed by atoms with Gasteiger partial charge in [-0.15, -0.1) is 0 Å². The Hall–Kier alpha value is -2.51. The van der Waals surface area contributed by atoms with Crippen molar-refractivity contribution in [3.63, 3.8) is 0 Å². The molecule has 3 rings (SSSR count). The van der Waals surface area contributed by atoms with E-state index in [1.54, 1.807) is 7.05 Å². The van der Waals surface area contributed by atoms with Crippen molar-refractivity contribution >= 4 is 40.3 Å². The van der Waals surface area contributed by atoms with E-state index in [4.69, 9.17) is 26.4 Å². The third-order valence-electron chi connectivity index (χ3n) is 4.56. The van der Waals surface area contributed by atoms with Gasteiger partial charge < -0.3 is 14.2 Å². The summed E-state index contributed by atoms with van der Waals surface area (Å²) in [6, 6.07) is 11.9. The molecule has 2 aromatic rings. The molecule has 2 aromatic carbocycles. The van der Waals surface area contributed by atoms with Crippen LogP contribution in [0.4, 0.5) is 0 Å². The van der Waals surface area contributed by atoms with Crippen molar-refractivity contribution in [2.45, 2.75) is 27.2 Å². The Morgan fingerprint density at radius 2 is 1.71 bits per heavy atom. The second-order valence-corrected chi connectivity index (χ2v) is 8.93. The van der Waals surface area contributed by atoms with Gasteiger partial charge in [-0.2, -0.15) is 0 Å². The second-order valence-electron chi connectivity index (χ2n) is 7.25. The van der Waals surface area contributed by atoms with Crippen molar-refractivity contribution in [2.75, 3.05) is 26.9 Å². The highest BCUT2D eigenvalue weighted by molar-refractivity contribution is 8.26. The average molecular weight is 458 g/mol. The first-order chi connectivity index (χ1) is 14.9. The number of carbonyl (C=O) groups excluding carboxylic acids is 1. The van der Waals surface area contributed by atoms with Crippen molar-refractivity contribution in [1.82, 2.24) is 4.90 Å². The molecule has 0 saturated carbocycles. The summed E-state index contributed by atoms with van der Waals surface area (Å²) in [5, 5.41) is 0. The van der Waals surface area contributed by atoms with E-state index in [9.17, 15) is 4.79 Å². The predicted octanol–water partition coefficient (Wildman–Crippen LogP) is 5.38. The summed E-state index contributed by atoms with van der Waals surface area (Å²) in [7, 11) is 1.69. The minimum Gasteiger partial charge on any atom is -0.493 e. The van der Waals surface area contributed by atoms with Gasteiger partial charge in [-0.1, -0.05) is 36.1 Å². The lowest BCUT2D eigenvalue weighted by Crippen LogP contribution is -2.22. The van der Waals surface area contributed by atoms with Gasteiger partial charge in [0, 0.05) is 13.5 Å². The number of carbonyl (C=O) groups is 1. The third-order valence-corrected chi connectivity index (χ3v) is 6.05. The topological polar surface area (TPSA) is 48.0 Å². The first-order valence-electron chi connectivity index (χ1n) is 10.2. The molecule has 164 valence electrons. The van der Waals surface area contributed by atoms with Crippen molar-refractivity contribution in [3.8, 4) is 17.2 Å². The Morgan fingerprint density at radius 3 is 2.35 bits per heavy atom. The van der Waals surface area contributed by atoms with Crippen molar-refractivity contribution in [3.05, 3.63) is 58.0 Å². The van der Waals surface area contributed by atoms with Crippen molar-refractivity contribution < 1.29 is 19.0 Å². The third kappa shape index (κ3) is 6.24. The van der Waals surface area contributed by atoms with Crippen LogP contribution in [0.25, 0.3) is 6.08 Å². The fraction of sp³-hybridized carbons (Fsp3) is 0.333. The van der Waals surface area contributed by atoms with Gasteiger partial charge in [-0.25, -0.2) is 0 Å². The van der Waals surface area contributed by atoms with Crippen LogP contribution in [0.3, 0.4) is 0 Å². The van der Waals surface area contributed by atoms with Gasteiger partial charge in [-0.3, -0.25) is 9.69 Å². The Bertz CT molecular complexity index is 983. The van der Waals surface area contributed by atoms with E-state index in [1.165, 1.54) is 27.8 Å². The molecular formula is C24H27NO4S2. The number of thiocarbonyl (C=S) groups is 1. The molecule has 31 heavy (non-hydrogen) atoms. The molecule has 0 atom stereocenters. The fourth-order valence-electron chi connectivity index (χ4n) is 3.15.